The Bertz CT molecular complexity index is 374. The summed E-state index contributed by atoms with van der Waals surface area (Å²) in [6.45, 7) is 8.62. The van der Waals surface area contributed by atoms with Crippen LogP contribution >= 0.6 is 11.8 Å². The Hall–Kier alpha value is -0.770. The average Bonchev–Trinajstić information content (AvgIpc) is 2.76. The van der Waals surface area contributed by atoms with E-state index in [9.17, 15) is 4.79 Å². The van der Waals surface area contributed by atoms with Crippen LogP contribution in [0.1, 0.15) is 45.9 Å². The van der Waals surface area contributed by atoms with Gasteiger partial charge in [0.25, 0.3) is 0 Å². The molecule has 1 atom stereocenters. The lowest BCUT2D eigenvalue weighted by Gasteiger charge is -2.08. The zero-order chi connectivity index (χ0) is 13.5. The highest BCUT2D eigenvalue weighted by molar-refractivity contribution is 7.99. The number of nitrogens with zero attached hydrogens (tertiary/aromatic N) is 2. The Morgan fingerprint density at radius 1 is 1.44 bits per heavy atom. The summed E-state index contributed by atoms with van der Waals surface area (Å²) in [7, 11) is 0. The second-order valence-electron chi connectivity index (χ2n) is 5.17. The first kappa shape index (κ1) is 15.3. The summed E-state index contributed by atoms with van der Waals surface area (Å²) >= 11 is 1.72. The maximum atomic E-state index is 11.8. The van der Waals surface area contributed by atoms with Crippen LogP contribution < -0.4 is 0 Å². The molecule has 0 fully saturated rings. The minimum absolute atomic E-state index is 0.273. The van der Waals surface area contributed by atoms with Crippen LogP contribution in [0, 0.1) is 5.92 Å². The van der Waals surface area contributed by atoms with E-state index < -0.39 is 0 Å². The van der Waals surface area contributed by atoms with Crippen LogP contribution in [-0.4, -0.2) is 27.1 Å². The van der Waals surface area contributed by atoms with Crippen molar-refractivity contribution in [1.82, 2.24) is 9.78 Å². The smallest absolute Gasteiger partial charge is 0.148 e. The van der Waals surface area contributed by atoms with Gasteiger partial charge in [-0.1, -0.05) is 20.8 Å². The molecule has 0 bridgehead atoms. The van der Waals surface area contributed by atoms with Gasteiger partial charge >= 0.3 is 0 Å². The van der Waals surface area contributed by atoms with Crippen molar-refractivity contribution in [1.29, 1.82) is 0 Å². The van der Waals surface area contributed by atoms with Gasteiger partial charge in [0.2, 0.25) is 0 Å². The minimum atomic E-state index is 0.273. The Balaban J connectivity index is 2.38. The zero-order valence-corrected chi connectivity index (χ0v) is 12.7. The number of aromatic nitrogens is 2. The number of hydrogen-bond donors (Lipinski definition) is 0. The van der Waals surface area contributed by atoms with E-state index in [0.29, 0.717) is 24.1 Å². The number of Topliss-reactive ketones (excluding diaryl/α,β-unsaturated/α-hetero) is 1. The van der Waals surface area contributed by atoms with Crippen molar-refractivity contribution >= 4 is 17.5 Å². The maximum Gasteiger partial charge on any atom is 0.148 e. The Morgan fingerprint density at radius 2 is 2.17 bits per heavy atom. The van der Waals surface area contributed by atoms with Gasteiger partial charge in [-0.2, -0.15) is 16.9 Å². The second-order valence-corrected chi connectivity index (χ2v) is 6.20. The van der Waals surface area contributed by atoms with E-state index in [1.165, 1.54) is 0 Å². The van der Waals surface area contributed by atoms with Crippen molar-refractivity contribution in [2.45, 2.75) is 46.6 Å². The number of ketones is 1. The molecule has 18 heavy (non-hydrogen) atoms. The number of rotatable bonds is 8. The van der Waals surface area contributed by atoms with Crippen molar-refractivity contribution < 1.29 is 4.79 Å². The largest absolute Gasteiger partial charge is 0.298 e. The van der Waals surface area contributed by atoms with E-state index >= 15 is 0 Å². The number of carbonyl (C=O) groups is 1. The van der Waals surface area contributed by atoms with E-state index in [1.54, 1.807) is 11.8 Å². The van der Waals surface area contributed by atoms with Crippen molar-refractivity contribution in [3.8, 4) is 0 Å². The first-order valence-corrected chi connectivity index (χ1v) is 7.81. The van der Waals surface area contributed by atoms with Crippen LogP contribution in [0.25, 0.3) is 0 Å². The molecule has 0 spiro atoms. The molecule has 0 saturated heterocycles. The van der Waals surface area contributed by atoms with Crippen LogP contribution in [-0.2, 0) is 11.2 Å². The van der Waals surface area contributed by atoms with Gasteiger partial charge in [0, 0.05) is 12.2 Å². The predicted molar refractivity (Wildman–Crippen MR) is 78.1 cm³/mol. The molecule has 1 unspecified atom stereocenters. The molecule has 0 aliphatic carbocycles. The molecule has 1 heterocycles. The molecule has 0 aliphatic heterocycles. The monoisotopic (exact) mass is 268 g/mol. The molecule has 0 saturated carbocycles. The van der Waals surface area contributed by atoms with E-state index in [-0.39, 0.29) is 5.78 Å². The molecular formula is C14H24N2OS. The van der Waals surface area contributed by atoms with Crippen molar-refractivity contribution in [3.05, 3.63) is 18.0 Å². The van der Waals surface area contributed by atoms with E-state index in [4.69, 9.17) is 0 Å². The molecule has 0 N–H and O–H groups in total. The topological polar surface area (TPSA) is 34.9 Å². The highest BCUT2D eigenvalue weighted by Crippen LogP contribution is 2.11. The number of hydrogen-bond acceptors (Lipinski definition) is 3. The molecule has 0 aromatic carbocycles. The maximum absolute atomic E-state index is 11.8. The SMILES string of the molecule is CCC(C)n1ccc(CC(=O)CSCC(C)C)n1. The standard InChI is InChI=1S/C14H24N2OS/c1-5-12(4)16-7-6-13(15-16)8-14(17)10-18-9-11(2)3/h6-7,11-12H,5,8-10H2,1-4H3. The molecule has 1 aromatic heterocycles. The highest BCUT2D eigenvalue weighted by Gasteiger charge is 2.09. The predicted octanol–water partition coefficient (Wildman–Crippen LogP) is 3.35. The van der Waals surface area contributed by atoms with Crippen LogP contribution in [0.5, 0.6) is 0 Å². The summed E-state index contributed by atoms with van der Waals surface area (Å²) < 4.78 is 1.95. The van der Waals surface area contributed by atoms with Gasteiger partial charge in [0.1, 0.15) is 5.78 Å². The third-order valence-electron chi connectivity index (χ3n) is 2.80. The number of thioether (sulfide) groups is 1. The molecule has 102 valence electrons. The lowest BCUT2D eigenvalue weighted by molar-refractivity contribution is -0.116. The first-order valence-electron chi connectivity index (χ1n) is 6.66. The van der Waals surface area contributed by atoms with E-state index in [2.05, 4.69) is 32.8 Å². The quantitative estimate of drug-likeness (QED) is 0.725. The van der Waals surface area contributed by atoms with Crippen LogP contribution in [0.15, 0.2) is 12.3 Å². The summed E-state index contributed by atoms with van der Waals surface area (Å²) in [5.41, 5.74) is 0.894. The minimum Gasteiger partial charge on any atom is -0.298 e. The van der Waals surface area contributed by atoms with E-state index in [0.717, 1.165) is 17.9 Å². The number of carbonyl (C=O) groups excluding carboxylic acids is 1. The Labute approximate surface area is 114 Å². The summed E-state index contributed by atoms with van der Waals surface area (Å²) in [6.07, 6.45) is 3.49. The molecule has 0 amide bonds. The van der Waals surface area contributed by atoms with Crippen LogP contribution in [0.4, 0.5) is 0 Å². The second kappa shape index (κ2) is 7.62. The molecule has 4 heteroatoms. The fourth-order valence-electron chi connectivity index (χ4n) is 1.57. The van der Waals surface area contributed by atoms with Gasteiger partial charge in [-0.3, -0.25) is 9.48 Å². The third kappa shape index (κ3) is 5.25. The van der Waals surface area contributed by atoms with Gasteiger partial charge in [-0.05, 0) is 31.1 Å². The normalized spacial score (nSPS) is 12.9. The van der Waals surface area contributed by atoms with Gasteiger partial charge < -0.3 is 0 Å². The van der Waals surface area contributed by atoms with Crippen LogP contribution in [0.3, 0.4) is 0 Å². The van der Waals surface area contributed by atoms with Gasteiger partial charge in [-0.15, -0.1) is 0 Å². The highest BCUT2D eigenvalue weighted by atomic mass is 32.2. The van der Waals surface area contributed by atoms with E-state index in [1.807, 2.05) is 16.9 Å². The van der Waals surface area contributed by atoms with Crippen molar-refractivity contribution in [3.63, 3.8) is 0 Å². The van der Waals surface area contributed by atoms with Gasteiger partial charge in [0.05, 0.1) is 17.9 Å². The molecule has 1 aromatic rings. The zero-order valence-electron chi connectivity index (χ0n) is 11.8. The fraction of sp³-hybridized carbons (Fsp3) is 0.714. The Morgan fingerprint density at radius 3 is 2.78 bits per heavy atom. The summed E-state index contributed by atoms with van der Waals surface area (Å²) in [4.78, 5) is 11.8. The lowest BCUT2D eigenvalue weighted by Crippen LogP contribution is -2.09. The fourth-order valence-corrected chi connectivity index (χ4v) is 2.48. The molecule has 0 aliphatic rings. The van der Waals surface area contributed by atoms with Gasteiger partial charge in [0.15, 0.2) is 0 Å². The lowest BCUT2D eigenvalue weighted by atomic mass is 10.2. The van der Waals surface area contributed by atoms with Crippen LogP contribution in [0.2, 0.25) is 0 Å². The third-order valence-corrected chi connectivity index (χ3v) is 4.23. The molecule has 0 radical (unpaired) electrons. The summed E-state index contributed by atoms with van der Waals surface area (Å²) in [6, 6.07) is 2.36. The molecule has 1 rings (SSSR count). The van der Waals surface area contributed by atoms with Crippen molar-refractivity contribution in [2.24, 2.45) is 5.92 Å². The first-order chi connectivity index (χ1) is 8.52. The summed E-state index contributed by atoms with van der Waals surface area (Å²) in [5.74, 6) is 2.57. The average molecular weight is 268 g/mol. The molecular weight excluding hydrogens is 244 g/mol. The molecule has 3 nitrogen and oxygen atoms in total. The Kier molecular flexibility index (Phi) is 6.47. The van der Waals surface area contributed by atoms with Gasteiger partial charge in [-0.25, -0.2) is 0 Å². The van der Waals surface area contributed by atoms with Crippen molar-refractivity contribution in [2.75, 3.05) is 11.5 Å². The summed E-state index contributed by atoms with van der Waals surface area (Å²) in [5, 5.41) is 4.45.